The highest BCUT2D eigenvalue weighted by Gasteiger charge is 1.91. The van der Waals surface area contributed by atoms with E-state index in [0.29, 0.717) is 0 Å². The SMILES string of the molecule is CCN(C)N(C)C.O. The number of hydrogen-bond acceptors (Lipinski definition) is 2. The van der Waals surface area contributed by atoms with E-state index < -0.39 is 0 Å². The number of nitrogens with zero attached hydrogens (tertiary/aromatic N) is 2. The van der Waals surface area contributed by atoms with Gasteiger partial charge in [0.05, 0.1) is 0 Å². The average Bonchev–Trinajstić information content (AvgIpc) is 1.65. The van der Waals surface area contributed by atoms with E-state index in [1.807, 2.05) is 14.1 Å². The third-order valence-electron chi connectivity index (χ3n) is 1.14. The van der Waals surface area contributed by atoms with Gasteiger partial charge in [-0.1, -0.05) is 6.92 Å². The molecular weight excluding hydrogens is 104 g/mol. The van der Waals surface area contributed by atoms with E-state index in [0.717, 1.165) is 6.54 Å². The zero-order chi connectivity index (χ0) is 5.86. The predicted octanol–water partition coefficient (Wildman–Crippen LogP) is -0.410. The second-order valence-corrected chi connectivity index (χ2v) is 1.82. The van der Waals surface area contributed by atoms with Crippen LogP contribution in [0.4, 0.5) is 0 Å². The topological polar surface area (TPSA) is 38.0 Å². The van der Waals surface area contributed by atoms with Gasteiger partial charge in [-0.3, -0.25) is 0 Å². The molecule has 0 aliphatic rings. The largest absolute Gasteiger partial charge is 0.412 e. The van der Waals surface area contributed by atoms with Crippen LogP contribution in [-0.2, 0) is 0 Å². The van der Waals surface area contributed by atoms with Crippen LogP contribution in [0.5, 0.6) is 0 Å². The lowest BCUT2D eigenvalue weighted by Crippen LogP contribution is -2.32. The Morgan fingerprint density at radius 1 is 1.12 bits per heavy atom. The molecule has 0 unspecified atom stereocenters. The summed E-state index contributed by atoms with van der Waals surface area (Å²) in [5, 5.41) is 4.18. The van der Waals surface area contributed by atoms with Gasteiger partial charge in [0, 0.05) is 27.7 Å². The van der Waals surface area contributed by atoms with Gasteiger partial charge in [-0.15, -0.1) is 0 Å². The average molecular weight is 120 g/mol. The van der Waals surface area contributed by atoms with Gasteiger partial charge in [0.1, 0.15) is 0 Å². The Balaban J connectivity index is 0. The third-order valence-corrected chi connectivity index (χ3v) is 1.14. The highest BCUT2D eigenvalue weighted by molar-refractivity contribution is 4.32. The Morgan fingerprint density at radius 2 is 1.50 bits per heavy atom. The zero-order valence-electron chi connectivity index (χ0n) is 6.10. The van der Waals surface area contributed by atoms with E-state index in [2.05, 4.69) is 24.0 Å². The Bertz CT molecular complexity index is 47.7. The summed E-state index contributed by atoms with van der Waals surface area (Å²) in [7, 11) is 6.12. The Hall–Kier alpha value is -0.120. The molecule has 0 radical (unpaired) electrons. The molecule has 52 valence electrons. The van der Waals surface area contributed by atoms with Gasteiger partial charge < -0.3 is 5.48 Å². The molecule has 0 atom stereocenters. The summed E-state index contributed by atoms with van der Waals surface area (Å²) >= 11 is 0. The molecule has 0 aromatic rings. The first-order valence-corrected chi connectivity index (χ1v) is 2.56. The number of rotatable bonds is 2. The molecule has 0 aromatic carbocycles. The highest BCUT2D eigenvalue weighted by atomic mass is 16.0. The Kier molecular flexibility index (Phi) is 6.78. The van der Waals surface area contributed by atoms with Gasteiger partial charge in [-0.25, -0.2) is 10.0 Å². The van der Waals surface area contributed by atoms with E-state index in [1.165, 1.54) is 0 Å². The molecule has 3 heteroatoms. The molecule has 8 heavy (non-hydrogen) atoms. The molecule has 0 saturated carbocycles. The van der Waals surface area contributed by atoms with Crippen LogP contribution in [0.2, 0.25) is 0 Å². The predicted molar refractivity (Wildman–Crippen MR) is 35.6 cm³/mol. The lowest BCUT2D eigenvalue weighted by Gasteiger charge is -2.21. The van der Waals surface area contributed by atoms with Crippen LogP contribution in [0, 0.1) is 0 Å². The van der Waals surface area contributed by atoms with Gasteiger partial charge in [0.15, 0.2) is 0 Å². The molecule has 0 aromatic heterocycles. The summed E-state index contributed by atoms with van der Waals surface area (Å²) in [6.45, 7) is 3.20. The van der Waals surface area contributed by atoms with E-state index in [-0.39, 0.29) is 5.48 Å². The molecule has 0 heterocycles. The van der Waals surface area contributed by atoms with Crippen molar-refractivity contribution in [3.05, 3.63) is 0 Å². The third kappa shape index (κ3) is 4.05. The van der Waals surface area contributed by atoms with E-state index in [9.17, 15) is 0 Å². The van der Waals surface area contributed by atoms with Crippen molar-refractivity contribution < 1.29 is 5.48 Å². The van der Waals surface area contributed by atoms with E-state index in [4.69, 9.17) is 0 Å². The zero-order valence-corrected chi connectivity index (χ0v) is 6.10. The molecule has 2 N–H and O–H groups in total. The van der Waals surface area contributed by atoms with E-state index in [1.54, 1.807) is 0 Å². The van der Waals surface area contributed by atoms with Crippen molar-refractivity contribution in [2.24, 2.45) is 0 Å². The molecule has 0 fully saturated rings. The lowest BCUT2D eigenvalue weighted by atomic mass is 10.7. The van der Waals surface area contributed by atoms with Crippen molar-refractivity contribution in [3.63, 3.8) is 0 Å². The van der Waals surface area contributed by atoms with Crippen LogP contribution >= 0.6 is 0 Å². The van der Waals surface area contributed by atoms with Gasteiger partial charge >= 0.3 is 0 Å². The minimum absolute atomic E-state index is 0. The van der Waals surface area contributed by atoms with Crippen LogP contribution in [0.15, 0.2) is 0 Å². The number of hydrazine groups is 1. The molecule has 0 bridgehead atoms. The fourth-order valence-electron chi connectivity index (χ4n) is 0.283. The maximum atomic E-state index is 2.12. The van der Waals surface area contributed by atoms with Gasteiger partial charge in [-0.05, 0) is 0 Å². The first-order chi connectivity index (χ1) is 3.18. The minimum atomic E-state index is 0. The van der Waals surface area contributed by atoms with Gasteiger partial charge in [0.2, 0.25) is 0 Å². The molecule has 0 rings (SSSR count). The first-order valence-electron chi connectivity index (χ1n) is 2.56. The monoisotopic (exact) mass is 120 g/mol. The number of hydrogen-bond donors (Lipinski definition) is 0. The summed E-state index contributed by atoms with van der Waals surface area (Å²) in [4.78, 5) is 0. The highest BCUT2D eigenvalue weighted by Crippen LogP contribution is 1.80. The van der Waals surface area contributed by atoms with Crippen molar-refractivity contribution in [3.8, 4) is 0 Å². The van der Waals surface area contributed by atoms with Crippen LogP contribution in [-0.4, -0.2) is 43.2 Å². The molecule has 0 aliphatic heterocycles. The fraction of sp³-hybridized carbons (Fsp3) is 1.00. The standard InChI is InChI=1S/C5H14N2.H2O/c1-5-7(4)6(2)3;/h5H2,1-4H3;1H2. The summed E-state index contributed by atoms with van der Waals surface area (Å²) in [5.74, 6) is 0. The molecule has 0 amide bonds. The summed E-state index contributed by atoms with van der Waals surface area (Å²) in [6, 6.07) is 0. The van der Waals surface area contributed by atoms with Crippen molar-refractivity contribution in [2.75, 3.05) is 27.7 Å². The first kappa shape index (κ1) is 10.8. The van der Waals surface area contributed by atoms with Crippen molar-refractivity contribution in [2.45, 2.75) is 6.92 Å². The minimum Gasteiger partial charge on any atom is -0.412 e. The summed E-state index contributed by atoms with van der Waals surface area (Å²) < 4.78 is 0. The van der Waals surface area contributed by atoms with Crippen LogP contribution in [0.1, 0.15) is 6.92 Å². The molecule has 0 aliphatic carbocycles. The molecule has 0 spiro atoms. The van der Waals surface area contributed by atoms with E-state index >= 15 is 0 Å². The maximum Gasteiger partial charge on any atom is 0.0101 e. The van der Waals surface area contributed by atoms with Gasteiger partial charge in [0.25, 0.3) is 0 Å². The molecular formula is C5H16N2O. The molecule has 3 nitrogen and oxygen atoms in total. The lowest BCUT2D eigenvalue weighted by molar-refractivity contribution is 0.0629. The fourth-order valence-corrected chi connectivity index (χ4v) is 0.283. The maximum absolute atomic E-state index is 2.12. The van der Waals surface area contributed by atoms with Crippen LogP contribution in [0.25, 0.3) is 0 Å². The van der Waals surface area contributed by atoms with Crippen LogP contribution in [0.3, 0.4) is 0 Å². The smallest absolute Gasteiger partial charge is 0.0101 e. The summed E-state index contributed by atoms with van der Waals surface area (Å²) in [6.07, 6.45) is 0. The van der Waals surface area contributed by atoms with Crippen LogP contribution < -0.4 is 0 Å². The van der Waals surface area contributed by atoms with Crippen molar-refractivity contribution in [1.82, 2.24) is 10.0 Å². The second-order valence-electron chi connectivity index (χ2n) is 1.82. The summed E-state index contributed by atoms with van der Waals surface area (Å²) in [5.41, 5.74) is 0. The van der Waals surface area contributed by atoms with Crippen molar-refractivity contribution in [1.29, 1.82) is 0 Å². The quantitative estimate of drug-likeness (QED) is 0.465. The second kappa shape index (κ2) is 5.03. The van der Waals surface area contributed by atoms with Gasteiger partial charge in [-0.2, -0.15) is 0 Å². The Labute approximate surface area is 51.2 Å². The normalized spacial score (nSPS) is 9.75. The molecule has 0 saturated heterocycles. The Morgan fingerprint density at radius 3 is 1.50 bits per heavy atom. The van der Waals surface area contributed by atoms with Crippen molar-refractivity contribution >= 4 is 0 Å².